The summed E-state index contributed by atoms with van der Waals surface area (Å²) in [6, 6.07) is 0. The molecule has 0 saturated carbocycles. The van der Waals surface area contributed by atoms with E-state index < -0.39 is 10.5 Å². The first kappa shape index (κ1) is 11.7. The molecule has 0 saturated heterocycles. The van der Waals surface area contributed by atoms with Gasteiger partial charge in [0.25, 0.3) is 0 Å². The Hall–Kier alpha value is -0.340. The Kier molecular flexibility index (Phi) is 5.18. The van der Waals surface area contributed by atoms with E-state index in [-0.39, 0.29) is 11.5 Å². The molecule has 0 amide bonds. The first-order chi connectivity index (χ1) is 5.49. The van der Waals surface area contributed by atoms with Crippen molar-refractivity contribution in [3.05, 3.63) is 11.6 Å². The lowest BCUT2D eigenvalue weighted by Gasteiger charge is -2.07. The molecule has 0 spiro atoms. The summed E-state index contributed by atoms with van der Waals surface area (Å²) < 4.78 is 0. The number of carbonyl (C=O) groups excluding carboxylic acids is 2. The second-order valence-corrected chi connectivity index (χ2v) is 3.20. The monoisotopic (exact) mass is 208 g/mol. The number of allylic oxidation sites excluding steroid dienone is 2. The second-order valence-electron chi connectivity index (χ2n) is 2.49. The zero-order valence-corrected chi connectivity index (χ0v) is 8.45. The van der Waals surface area contributed by atoms with Crippen LogP contribution in [0.15, 0.2) is 11.6 Å². The van der Waals surface area contributed by atoms with E-state index in [1.54, 1.807) is 0 Å². The van der Waals surface area contributed by atoms with Crippen LogP contribution in [-0.2, 0) is 9.59 Å². The van der Waals surface area contributed by atoms with E-state index in [4.69, 9.17) is 23.2 Å². The van der Waals surface area contributed by atoms with Gasteiger partial charge in [-0.25, -0.2) is 0 Å². The number of hydrogen-bond donors (Lipinski definition) is 0. The van der Waals surface area contributed by atoms with Crippen LogP contribution in [0.4, 0.5) is 0 Å². The molecule has 0 fully saturated rings. The molecule has 0 aromatic carbocycles. The van der Waals surface area contributed by atoms with Crippen LogP contribution in [-0.4, -0.2) is 10.5 Å². The molecule has 2 nitrogen and oxygen atoms in total. The van der Waals surface area contributed by atoms with Crippen molar-refractivity contribution in [1.82, 2.24) is 0 Å². The SMILES string of the molecule is CCC(C)/C(=C\C(=O)Cl)C(=O)Cl. The van der Waals surface area contributed by atoms with E-state index in [1.165, 1.54) is 0 Å². The highest BCUT2D eigenvalue weighted by molar-refractivity contribution is 6.70. The maximum atomic E-state index is 10.8. The van der Waals surface area contributed by atoms with E-state index in [1.807, 2.05) is 13.8 Å². The Morgan fingerprint density at radius 1 is 1.42 bits per heavy atom. The Labute approximate surface area is 81.5 Å². The third-order valence-electron chi connectivity index (χ3n) is 1.64. The largest absolute Gasteiger partial charge is 0.276 e. The molecule has 0 aliphatic heterocycles. The standard InChI is InChI=1S/C8H10Cl2O2/c1-3-5(2)6(8(10)12)4-7(9)11/h4-5H,3H2,1-2H3/b6-4+. The Morgan fingerprint density at radius 2 is 1.92 bits per heavy atom. The Bertz CT molecular complexity index is 221. The highest BCUT2D eigenvalue weighted by Crippen LogP contribution is 2.17. The normalized spacial score (nSPS) is 14.2. The van der Waals surface area contributed by atoms with Gasteiger partial charge in [-0.1, -0.05) is 13.8 Å². The first-order valence-electron chi connectivity index (χ1n) is 3.59. The Balaban J connectivity index is 4.66. The van der Waals surface area contributed by atoms with Crippen LogP contribution in [0.3, 0.4) is 0 Å². The molecule has 0 bridgehead atoms. The summed E-state index contributed by atoms with van der Waals surface area (Å²) in [6.07, 6.45) is 1.82. The lowest BCUT2D eigenvalue weighted by Crippen LogP contribution is -2.06. The molecule has 1 atom stereocenters. The summed E-state index contributed by atoms with van der Waals surface area (Å²) in [5.41, 5.74) is 0.277. The third-order valence-corrected chi connectivity index (χ3v) is 1.97. The van der Waals surface area contributed by atoms with Crippen molar-refractivity contribution in [2.45, 2.75) is 20.3 Å². The highest BCUT2D eigenvalue weighted by Gasteiger charge is 2.14. The average Bonchev–Trinajstić information content (AvgIpc) is 1.98. The average molecular weight is 209 g/mol. The molecule has 0 aliphatic rings. The minimum Gasteiger partial charge on any atom is -0.276 e. The van der Waals surface area contributed by atoms with Crippen molar-refractivity contribution in [3.63, 3.8) is 0 Å². The first-order valence-corrected chi connectivity index (χ1v) is 4.35. The van der Waals surface area contributed by atoms with Gasteiger partial charge in [0.05, 0.1) is 0 Å². The lowest BCUT2D eigenvalue weighted by molar-refractivity contribution is -0.110. The highest BCUT2D eigenvalue weighted by atomic mass is 35.5. The molecule has 0 aromatic heterocycles. The van der Waals surface area contributed by atoms with Crippen molar-refractivity contribution in [2.75, 3.05) is 0 Å². The molecular weight excluding hydrogens is 199 g/mol. The van der Waals surface area contributed by atoms with Gasteiger partial charge in [-0.3, -0.25) is 9.59 Å². The molecule has 0 aromatic rings. The zero-order chi connectivity index (χ0) is 9.72. The van der Waals surface area contributed by atoms with E-state index in [0.29, 0.717) is 0 Å². The molecule has 12 heavy (non-hydrogen) atoms. The molecule has 0 aliphatic carbocycles. The topological polar surface area (TPSA) is 34.1 Å². The van der Waals surface area contributed by atoms with Crippen molar-refractivity contribution < 1.29 is 9.59 Å². The van der Waals surface area contributed by atoms with Crippen LogP contribution in [0, 0.1) is 5.92 Å². The molecule has 4 heteroatoms. The molecule has 1 unspecified atom stereocenters. The predicted molar refractivity (Wildman–Crippen MR) is 49.3 cm³/mol. The summed E-state index contributed by atoms with van der Waals surface area (Å²) in [5, 5.41) is -1.28. The van der Waals surface area contributed by atoms with E-state index >= 15 is 0 Å². The number of carbonyl (C=O) groups is 2. The molecule has 0 radical (unpaired) electrons. The van der Waals surface area contributed by atoms with Crippen molar-refractivity contribution in [1.29, 1.82) is 0 Å². The summed E-state index contributed by atoms with van der Waals surface area (Å²) in [5.74, 6) is -0.0299. The molecule has 0 rings (SSSR count). The van der Waals surface area contributed by atoms with Crippen LogP contribution in [0.2, 0.25) is 0 Å². The van der Waals surface area contributed by atoms with E-state index in [0.717, 1.165) is 12.5 Å². The van der Waals surface area contributed by atoms with Gasteiger partial charge in [0.15, 0.2) is 0 Å². The van der Waals surface area contributed by atoms with Crippen LogP contribution in [0.25, 0.3) is 0 Å². The van der Waals surface area contributed by atoms with Crippen LogP contribution >= 0.6 is 23.2 Å². The molecule has 0 N–H and O–H groups in total. The Morgan fingerprint density at radius 3 is 2.17 bits per heavy atom. The van der Waals surface area contributed by atoms with E-state index in [2.05, 4.69) is 0 Å². The summed E-state index contributed by atoms with van der Waals surface area (Å²) in [7, 11) is 0. The van der Waals surface area contributed by atoms with Crippen LogP contribution in [0.5, 0.6) is 0 Å². The van der Waals surface area contributed by atoms with Crippen molar-refractivity contribution in [3.8, 4) is 0 Å². The fourth-order valence-electron chi connectivity index (χ4n) is 0.735. The minimum absolute atomic E-state index is 0.0299. The quantitative estimate of drug-likeness (QED) is 0.526. The number of hydrogen-bond acceptors (Lipinski definition) is 2. The number of halogens is 2. The zero-order valence-electron chi connectivity index (χ0n) is 6.93. The van der Waals surface area contributed by atoms with E-state index in [9.17, 15) is 9.59 Å². The summed E-state index contributed by atoms with van der Waals surface area (Å²) in [6.45, 7) is 3.71. The summed E-state index contributed by atoms with van der Waals surface area (Å²) >= 11 is 10.3. The van der Waals surface area contributed by atoms with Gasteiger partial charge in [0.1, 0.15) is 0 Å². The maximum absolute atomic E-state index is 10.8. The van der Waals surface area contributed by atoms with Gasteiger partial charge in [-0.2, -0.15) is 0 Å². The van der Waals surface area contributed by atoms with Gasteiger partial charge in [0.2, 0.25) is 10.5 Å². The lowest BCUT2D eigenvalue weighted by atomic mass is 9.99. The fourth-order valence-corrected chi connectivity index (χ4v) is 1.09. The predicted octanol–water partition coefficient (Wildman–Crippen LogP) is 2.49. The number of rotatable bonds is 4. The van der Waals surface area contributed by atoms with Crippen molar-refractivity contribution in [2.24, 2.45) is 5.92 Å². The fraction of sp³-hybridized carbons (Fsp3) is 0.500. The van der Waals surface area contributed by atoms with Gasteiger partial charge in [-0.05, 0) is 35.5 Å². The molecule has 0 heterocycles. The molecular formula is C8H10Cl2O2. The third kappa shape index (κ3) is 3.88. The van der Waals surface area contributed by atoms with Crippen LogP contribution < -0.4 is 0 Å². The van der Waals surface area contributed by atoms with Crippen LogP contribution in [0.1, 0.15) is 20.3 Å². The maximum Gasteiger partial charge on any atom is 0.248 e. The summed E-state index contributed by atoms with van der Waals surface area (Å²) in [4.78, 5) is 21.2. The second kappa shape index (κ2) is 5.33. The van der Waals surface area contributed by atoms with Gasteiger partial charge < -0.3 is 0 Å². The smallest absolute Gasteiger partial charge is 0.248 e. The van der Waals surface area contributed by atoms with Gasteiger partial charge >= 0.3 is 0 Å². The van der Waals surface area contributed by atoms with Crippen molar-refractivity contribution >= 4 is 33.7 Å². The van der Waals surface area contributed by atoms with Gasteiger partial charge in [-0.15, -0.1) is 0 Å². The van der Waals surface area contributed by atoms with Gasteiger partial charge in [0, 0.05) is 11.6 Å². The minimum atomic E-state index is -0.667. The molecule has 68 valence electrons.